The van der Waals surface area contributed by atoms with E-state index >= 15 is 0 Å². The van der Waals surface area contributed by atoms with E-state index in [-0.39, 0.29) is 41.0 Å². The lowest BCUT2D eigenvalue weighted by molar-refractivity contribution is -0.137. The normalized spacial score (nSPS) is 35.4. The molecule has 0 spiro atoms. The summed E-state index contributed by atoms with van der Waals surface area (Å²) in [5.41, 5.74) is -0.531. The van der Waals surface area contributed by atoms with E-state index in [1.54, 1.807) is 4.90 Å². The number of aromatic nitrogens is 1. The van der Waals surface area contributed by atoms with Gasteiger partial charge in [-0.25, -0.2) is 0 Å². The Hall–Kier alpha value is -1.74. The van der Waals surface area contributed by atoms with Crippen molar-refractivity contribution in [2.75, 3.05) is 19.7 Å². The lowest BCUT2D eigenvalue weighted by Gasteiger charge is -2.58. The van der Waals surface area contributed by atoms with Gasteiger partial charge >= 0.3 is 0 Å². The Morgan fingerprint density at radius 1 is 1.34 bits per heavy atom. The Morgan fingerprint density at radius 3 is 2.76 bits per heavy atom. The largest absolute Gasteiger partial charge is 0.473 e. The maximum atomic E-state index is 12.8. The van der Waals surface area contributed by atoms with Crippen LogP contribution >= 0.6 is 12.6 Å². The number of carbonyl (C=O) groups excluding carboxylic acids is 2. The summed E-state index contributed by atoms with van der Waals surface area (Å²) in [5, 5.41) is 17.7. The molecule has 1 aromatic heterocycles. The number of nitrogens with one attached hydrogen (secondary N) is 1. The monoisotopic (exact) mass is 421 g/mol. The van der Waals surface area contributed by atoms with Crippen LogP contribution in [0.25, 0.3) is 0 Å². The molecule has 4 bridgehead atoms. The standard InChI is InChI=1S/C20H27N3O5S/c24-14-2-1-3-23(14)4-5-27-19-17(29)16(28-22-19)18(25)21-15-12-6-11-7-13(15)10-20(26,8-11)9-12/h11-13,15,26,29H,1-10H2,(H,21,25)/t11?,12?,13?,15-,20-. The predicted molar refractivity (Wildman–Crippen MR) is 105 cm³/mol. The molecule has 2 amide bonds. The maximum absolute atomic E-state index is 12.8. The fourth-order valence-corrected chi connectivity index (χ4v) is 6.39. The minimum Gasteiger partial charge on any atom is -0.473 e. The first-order valence-corrected chi connectivity index (χ1v) is 11.0. The van der Waals surface area contributed by atoms with Gasteiger partial charge in [0.1, 0.15) is 11.5 Å². The molecule has 9 heteroatoms. The van der Waals surface area contributed by atoms with Gasteiger partial charge in [-0.1, -0.05) is 0 Å². The number of rotatable bonds is 6. The number of ether oxygens (including phenoxy) is 1. The fraction of sp³-hybridized carbons (Fsp3) is 0.750. The van der Waals surface area contributed by atoms with Gasteiger partial charge in [0.2, 0.25) is 11.7 Å². The molecule has 1 saturated heterocycles. The summed E-state index contributed by atoms with van der Waals surface area (Å²) in [7, 11) is 0. The van der Waals surface area contributed by atoms with E-state index in [4.69, 9.17) is 9.26 Å². The van der Waals surface area contributed by atoms with Crippen molar-refractivity contribution in [3.8, 4) is 5.88 Å². The minimum atomic E-state index is -0.531. The maximum Gasteiger partial charge on any atom is 0.291 e. The Labute approximate surface area is 174 Å². The molecule has 158 valence electrons. The van der Waals surface area contributed by atoms with Crippen molar-refractivity contribution in [2.24, 2.45) is 17.8 Å². The van der Waals surface area contributed by atoms with Crippen molar-refractivity contribution in [3.63, 3.8) is 0 Å². The number of nitrogens with zero attached hydrogens (tertiary/aromatic N) is 2. The zero-order chi connectivity index (χ0) is 20.2. The molecule has 2 N–H and O–H groups in total. The molecule has 29 heavy (non-hydrogen) atoms. The lowest BCUT2D eigenvalue weighted by Crippen LogP contribution is -2.61. The van der Waals surface area contributed by atoms with Gasteiger partial charge in [0.05, 0.1) is 12.1 Å². The summed E-state index contributed by atoms with van der Waals surface area (Å²) >= 11 is 4.37. The third-order valence-electron chi connectivity index (χ3n) is 7.15. The Kier molecular flexibility index (Phi) is 4.77. The highest BCUT2D eigenvalue weighted by atomic mass is 32.1. The van der Waals surface area contributed by atoms with Gasteiger partial charge < -0.3 is 24.6 Å². The van der Waals surface area contributed by atoms with E-state index in [0.717, 1.165) is 45.1 Å². The first-order valence-electron chi connectivity index (χ1n) is 10.5. The van der Waals surface area contributed by atoms with Crippen LogP contribution in [-0.2, 0) is 4.79 Å². The Morgan fingerprint density at radius 2 is 2.10 bits per heavy atom. The van der Waals surface area contributed by atoms with E-state index in [1.807, 2.05) is 0 Å². The number of amides is 2. The van der Waals surface area contributed by atoms with Gasteiger partial charge in [-0.2, -0.15) is 0 Å². The van der Waals surface area contributed by atoms with Crippen LogP contribution in [0.4, 0.5) is 0 Å². The van der Waals surface area contributed by atoms with Crippen LogP contribution in [0.15, 0.2) is 9.42 Å². The smallest absolute Gasteiger partial charge is 0.291 e. The average molecular weight is 422 g/mol. The second-order valence-electron chi connectivity index (χ2n) is 9.19. The summed E-state index contributed by atoms with van der Waals surface area (Å²) in [6.07, 6.45) is 6.04. The van der Waals surface area contributed by atoms with E-state index in [0.29, 0.717) is 30.7 Å². The van der Waals surface area contributed by atoms with Gasteiger partial charge in [-0.15, -0.1) is 12.6 Å². The molecule has 1 aromatic rings. The van der Waals surface area contributed by atoms with E-state index in [1.165, 1.54) is 0 Å². The molecule has 4 saturated carbocycles. The molecule has 4 aliphatic carbocycles. The number of hydrogen-bond acceptors (Lipinski definition) is 7. The third kappa shape index (κ3) is 3.52. The molecule has 0 radical (unpaired) electrons. The zero-order valence-electron chi connectivity index (χ0n) is 16.3. The quantitative estimate of drug-likeness (QED) is 0.603. The first-order chi connectivity index (χ1) is 13.9. The van der Waals surface area contributed by atoms with Crippen molar-refractivity contribution in [1.29, 1.82) is 0 Å². The molecule has 6 rings (SSSR count). The van der Waals surface area contributed by atoms with Crippen LogP contribution in [-0.4, -0.2) is 58.3 Å². The summed E-state index contributed by atoms with van der Waals surface area (Å²) in [4.78, 5) is 26.5. The molecule has 5 aliphatic rings. The predicted octanol–water partition coefficient (Wildman–Crippen LogP) is 1.63. The highest BCUT2D eigenvalue weighted by Crippen LogP contribution is 2.55. The van der Waals surface area contributed by atoms with E-state index in [2.05, 4.69) is 23.1 Å². The molecule has 1 aliphatic heterocycles. The van der Waals surface area contributed by atoms with Crippen molar-refractivity contribution >= 4 is 24.4 Å². The molecular weight excluding hydrogens is 394 g/mol. The van der Waals surface area contributed by atoms with Crippen LogP contribution in [0.2, 0.25) is 0 Å². The molecular formula is C20H27N3O5S. The Balaban J connectivity index is 1.19. The second-order valence-corrected chi connectivity index (χ2v) is 9.64. The zero-order valence-corrected chi connectivity index (χ0v) is 17.2. The van der Waals surface area contributed by atoms with Gasteiger partial charge in [-0.05, 0) is 61.4 Å². The lowest BCUT2D eigenvalue weighted by atomic mass is 9.52. The van der Waals surface area contributed by atoms with Crippen LogP contribution in [0, 0.1) is 17.8 Å². The highest BCUT2D eigenvalue weighted by molar-refractivity contribution is 7.80. The third-order valence-corrected chi connectivity index (χ3v) is 7.55. The van der Waals surface area contributed by atoms with Crippen LogP contribution in [0.1, 0.15) is 55.5 Å². The summed E-state index contributed by atoms with van der Waals surface area (Å²) in [6.45, 7) is 1.51. The van der Waals surface area contributed by atoms with Crippen LogP contribution in [0.5, 0.6) is 5.88 Å². The molecule has 5 fully saturated rings. The summed E-state index contributed by atoms with van der Waals surface area (Å²) < 4.78 is 10.8. The summed E-state index contributed by atoms with van der Waals surface area (Å²) in [6, 6.07) is 0.0581. The minimum absolute atomic E-state index is 0.0492. The number of likely N-dealkylation sites (tertiary alicyclic amines) is 1. The van der Waals surface area contributed by atoms with E-state index in [9.17, 15) is 14.7 Å². The number of thiol groups is 1. The van der Waals surface area contributed by atoms with Crippen molar-refractivity contribution in [2.45, 2.75) is 61.5 Å². The molecule has 2 heterocycles. The molecule has 0 aromatic carbocycles. The highest BCUT2D eigenvalue weighted by Gasteiger charge is 2.55. The number of carbonyl (C=O) groups is 2. The van der Waals surface area contributed by atoms with Gasteiger partial charge in [-0.3, -0.25) is 9.59 Å². The molecule has 8 nitrogen and oxygen atoms in total. The van der Waals surface area contributed by atoms with Crippen LogP contribution < -0.4 is 10.1 Å². The van der Waals surface area contributed by atoms with Gasteiger partial charge in [0, 0.05) is 19.0 Å². The van der Waals surface area contributed by atoms with Gasteiger partial charge in [0.25, 0.3) is 11.8 Å². The van der Waals surface area contributed by atoms with Gasteiger partial charge in [0.15, 0.2) is 0 Å². The number of aliphatic hydroxyl groups is 1. The van der Waals surface area contributed by atoms with Crippen molar-refractivity contribution in [1.82, 2.24) is 15.4 Å². The Bertz CT molecular complexity index is 811. The van der Waals surface area contributed by atoms with E-state index < -0.39 is 5.60 Å². The SMILES string of the molecule is O=C(N[C@H]1C2CC3CC1C[C@](O)(C3)C2)c1onc(OCCN2CCCC2=O)c1S. The molecule has 2 unspecified atom stereocenters. The van der Waals surface area contributed by atoms with Crippen molar-refractivity contribution < 1.29 is 24.0 Å². The molecule has 2 atom stereocenters. The summed E-state index contributed by atoms with van der Waals surface area (Å²) in [5.74, 6) is 1.23. The first kappa shape index (κ1) is 19.2. The number of hydrogen-bond donors (Lipinski definition) is 3. The second kappa shape index (κ2) is 7.19. The average Bonchev–Trinajstić information content (AvgIpc) is 3.23. The van der Waals surface area contributed by atoms with Crippen molar-refractivity contribution in [3.05, 3.63) is 5.76 Å². The fourth-order valence-electron chi connectivity index (χ4n) is 6.14. The van der Waals surface area contributed by atoms with Crippen LogP contribution in [0.3, 0.4) is 0 Å². The topological polar surface area (TPSA) is 105 Å².